The minimum atomic E-state index is -1.27. The number of nitrogens with zero attached hydrogens (tertiary/aromatic N) is 1. The van der Waals surface area contributed by atoms with E-state index in [-0.39, 0.29) is 16.5 Å². The molecule has 0 aromatic rings. The van der Waals surface area contributed by atoms with Crippen LogP contribution in [0.4, 0.5) is 0 Å². The zero-order chi connectivity index (χ0) is 16.1. The summed E-state index contributed by atoms with van der Waals surface area (Å²) < 4.78 is 4.57. The molecule has 0 amide bonds. The highest BCUT2D eigenvalue weighted by atomic mass is 16.6. The molecule has 0 bridgehead atoms. The van der Waals surface area contributed by atoms with Gasteiger partial charge in [0, 0.05) is 18.1 Å². The van der Waals surface area contributed by atoms with Gasteiger partial charge in [0.25, 0.3) is 0 Å². The van der Waals surface area contributed by atoms with E-state index in [4.69, 9.17) is 0 Å². The molecule has 0 aromatic carbocycles. The van der Waals surface area contributed by atoms with E-state index in [1.807, 2.05) is 0 Å². The quantitative estimate of drug-likeness (QED) is 0.342. The fourth-order valence-electron chi connectivity index (χ4n) is 1.74. The lowest BCUT2D eigenvalue weighted by Gasteiger charge is -2.40. The van der Waals surface area contributed by atoms with Crippen LogP contribution >= 0.6 is 0 Å². The number of likely N-dealkylation sites (N-methyl/N-ethyl adjacent to an activating group) is 1. The molecule has 6 heteroatoms. The number of esters is 2. The van der Waals surface area contributed by atoms with E-state index in [1.54, 1.807) is 28.1 Å². The molecule has 1 N–H and O–H groups in total. The lowest BCUT2D eigenvalue weighted by molar-refractivity contribution is -0.906. The van der Waals surface area contributed by atoms with E-state index in [2.05, 4.69) is 11.3 Å². The second-order valence-corrected chi connectivity index (χ2v) is 5.42. The molecule has 6 nitrogen and oxygen atoms in total. The van der Waals surface area contributed by atoms with Crippen LogP contribution in [0.5, 0.6) is 0 Å². The first kappa shape index (κ1) is 18.0. The molecular weight excluding hydrogens is 262 g/mol. The molecule has 0 rings (SSSR count). The maximum absolute atomic E-state index is 11.5. The molecule has 1 unspecified atom stereocenters. The molecule has 20 heavy (non-hydrogen) atoms. The van der Waals surface area contributed by atoms with Crippen LogP contribution in [0.25, 0.3) is 0 Å². The van der Waals surface area contributed by atoms with Crippen molar-refractivity contribution in [1.82, 2.24) is 0 Å². The van der Waals surface area contributed by atoms with Gasteiger partial charge in [0.05, 0.1) is 21.1 Å². The van der Waals surface area contributed by atoms with Crippen molar-refractivity contribution in [3.05, 3.63) is 24.3 Å². The lowest BCUT2D eigenvalue weighted by Crippen LogP contribution is -2.60. The van der Waals surface area contributed by atoms with Gasteiger partial charge in [0.15, 0.2) is 0 Å². The molecule has 0 aliphatic heterocycles. The summed E-state index contributed by atoms with van der Waals surface area (Å²) >= 11 is 0. The van der Waals surface area contributed by atoms with Crippen molar-refractivity contribution < 1.29 is 28.7 Å². The van der Waals surface area contributed by atoms with Crippen molar-refractivity contribution in [1.29, 1.82) is 0 Å². The maximum Gasteiger partial charge on any atom is 0.370 e. The summed E-state index contributed by atoms with van der Waals surface area (Å²) in [7, 11) is 5.14. The SMILES string of the molecule is C=C(C)C(=O)OC(=O)C=CC(CC)(C(=O)O)[N+](C)(C)C. The summed E-state index contributed by atoms with van der Waals surface area (Å²) in [5, 5.41) is 9.44. The Morgan fingerprint density at radius 1 is 1.30 bits per heavy atom. The smallest absolute Gasteiger partial charge is 0.370 e. The molecule has 0 saturated heterocycles. The predicted molar refractivity (Wildman–Crippen MR) is 73.7 cm³/mol. The molecular formula is C14H22NO5+. The van der Waals surface area contributed by atoms with E-state index < -0.39 is 23.4 Å². The van der Waals surface area contributed by atoms with Crippen LogP contribution < -0.4 is 0 Å². The van der Waals surface area contributed by atoms with Crippen molar-refractivity contribution in [3.63, 3.8) is 0 Å². The van der Waals surface area contributed by atoms with Crippen molar-refractivity contribution in [3.8, 4) is 0 Å². The monoisotopic (exact) mass is 284 g/mol. The van der Waals surface area contributed by atoms with Gasteiger partial charge in [-0.25, -0.2) is 14.4 Å². The van der Waals surface area contributed by atoms with Gasteiger partial charge >= 0.3 is 17.9 Å². The number of carbonyl (C=O) groups excluding carboxylic acids is 2. The fourth-order valence-corrected chi connectivity index (χ4v) is 1.74. The van der Waals surface area contributed by atoms with Crippen LogP contribution in [0.2, 0.25) is 0 Å². The number of aliphatic carboxylic acids is 1. The van der Waals surface area contributed by atoms with Gasteiger partial charge in [0.1, 0.15) is 0 Å². The highest BCUT2D eigenvalue weighted by Gasteiger charge is 2.47. The van der Waals surface area contributed by atoms with E-state index in [9.17, 15) is 19.5 Å². The molecule has 0 aromatic heterocycles. The third-order valence-corrected chi connectivity index (χ3v) is 3.14. The zero-order valence-electron chi connectivity index (χ0n) is 12.6. The van der Waals surface area contributed by atoms with Crippen molar-refractivity contribution in [2.75, 3.05) is 21.1 Å². The largest absolute Gasteiger partial charge is 0.476 e. The Hall–Kier alpha value is -1.95. The minimum absolute atomic E-state index is 0.0943. The van der Waals surface area contributed by atoms with Crippen LogP contribution in [0, 0.1) is 0 Å². The first-order valence-corrected chi connectivity index (χ1v) is 6.13. The number of rotatable bonds is 6. The van der Waals surface area contributed by atoms with Crippen molar-refractivity contribution in [2.24, 2.45) is 0 Å². The second-order valence-electron chi connectivity index (χ2n) is 5.42. The molecule has 0 aliphatic carbocycles. The van der Waals surface area contributed by atoms with Gasteiger partial charge in [-0.3, -0.25) is 0 Å². The highest BCUT2D eigenvalue weighted by Crippen LogP contribution is 2.25. The topological polar surface area (TPSA) is 80.7 Å². The number of hydrogen-bond donors (Lipinski definition) is 1. The summed E-state index contributed by atoms with van der Waals surface area (Å²) in [6, 6.07) is 0. The molecule has 0 saturated carbocycles. The van der Waals surface area contributed by atoms with Gasteiger partial charge in [0.2, 0.25) is 5.54 Å². The Balaban J connectivity index is 5.25. The molecule has 0 aliphatic rings. The summed E-state index contributed by atoms with van der Waals surface area (Å²) in [6.45, 7) is 6.48. The molecule has 0 heterocycles. The number of carbonyl (C=O) groups is 3. The molecule has 112 valence electrons. The Morgan fingerprint density at radius 3 is 2.10 bits per heavy atom. The van der Waals surface area contributed by atoms with Gasteiger partial charge in [-0.15, -0.1) is 0 Å². The maximum atomic E-state index is 11.5. The molecule has 0 fully saturated rings. The van der Waals surface area contributed by atoms with Gasteiger partial charge in [-0.1, -0.05) is 13.5 Å². The van der Waals surface area contributed by atoms with Crippen LogP contribution in [0.1, 0.15) is 20.3 Å². The van der Waals surface area contributed by atoms with E-state index in [1.165, 1.54) is 13.0 Å². The van der Waals surface area contributed by atoms with Gasteiger partial charge < -0.3 is 14.3 Å². The first-order chi connectivity index (χ1) is 8.98. The number of quaternary nitrogens is 1. The predicted octanol–water partition coefficient (Wildman–Crippen LogP) is 1.13. The normalized spacial score (nSPS) is 14.7. The molecule has 0 radical (unpaired) electrons. The van der Waals surface area contributed by atoms with Crippen molar-refractivity contribution >= 4 is 17.9 Å². The van der Waals surface area contributed by atoms with Crippen LogP contribution in [0.3, 0.4) is 0 Å². The minimum Gasteiger partial charge on any atom is -0.476 e. The van der Waals surface area contributed by atoms with E-state index in [0.717, 1.165) is 6.08 Å². The zero-order valence-corrected chi connectivity index (χ0v) is 12.6. The number of carboxylic acids is 1. The van der Waals surface area contributed by atoms with E-state index >= 15 is 0 Å². The average Bonchev–Trinajstić information content (AvgIpc) is 2.27. The Bertz CT molecular complexity index is 459. The van der Waals surface area contributed by atoms with Crippen LogP contribution in [-0.4, -0.2) is 54.2 Å². The second kappa shape index (κ2) is 6.47. The lowest BCUT2D eigenvalue weighted by atomic mass is 9.92. The third-order valence-electron chi connectivity index (χ3n) is 3.14. The molecule has 1 atom stereocenters. The fraction of sp³-hybridized carbons (Fsp3) is 0.500. The number of ether oxygens (including phenoxy) is 1. The third kappa shape index (κ3) is 4.03. The Kier molecular flexibility index (Phi) is 5.84. The molecule has 0 spiro atoms. The van der Waals surface area contributed by atoms with Crippen LogP contribution in [0.15, 0.2) is 24.3 Å². The number of hydrogen-bond acceptors (Lipinski definition) is 4. The van der Waals surface area contributed by atoms with Gasteiger partial charge in [-0.05, 0) is 13.0 Å². The average molecular weight is 284 g/mol. The van der Waals surface area contributed by atoms with Crippen molar-refractivity contribution in [2.45, 2.75) is 25.8 Å². The van der Waals surface area contributed by atoms with Gasteiger partial charge in [-0.2, -0.15) is 0 Å². The Morgan fingerprint density at radius 2 is 1.80 bits per heavy atom. The summed E-state index contributed by atoms with van der Waals surface area (Å²) in [6.07, 6.45) is 2.52. The summed E-state index contributed by atoms with van der Waals surface area (Å²) in [4.78, 5) is 34.2. The first-order valence-electron chi connectivity index (χ1n) is 6.13. The number of carboxylic acid groups (broad SMARTS) is 1. The summed E-state index contributed by atoms with van der Waals surface area (Å²) in [5.74, 6) is -2.80. The standard InChI is InChI=1S/C14H21NO5/c1-7-14(13(18)19,15(4,5)6)9-8-11(16)20-12(17)10(2)3/h8-9H,2,7H2,1,3-6H3/p+1. The Labute approximate surface area is 118 Å². The van der Waals surface area contributed by atoms with Crippen LogP contribution in [-0.2, 0) is 19.1 Å². The highest BCUT2D eigenvalue weighted by molar-refractivity contribution is 5.99. The summed E-state index contributed by atoms with van der Waals surface area (Å²) in [5.41, 5.74) is -1.18. The van der Waals surface area contributed by atoms with E-state index in [0.29, 0.717) is 0 Å².